The van der Waals surface area contributed by atoms with Crippen molar-refractivity contribution in [3.05, 3.63) is 24.3 Å². The molecule has 0 amide bonds. The van der Waals surface area contributed by atoms with Crippen LogP contribution in [0, 0.1) is 5.92 Å². The molecule has 1 heterocycles. The highest BCUT2D eigenvalue weighted by Crippen LogP contribution is 2.18. The van der Waals surface area contributed by atoms with Gasteiger partial charge in [0.25, 0.3) is 0 Å². The van der Waals surface area contributed by atoms with Crippen molar-refractivity contribution in [1.82, 2.24) is 5.32 Å². The molecule has 1 fully saturated rings. The lowest BCUT2D eigenvalue weighted by Crippen LogP contribution is -2.45. The zero-order valence-electron chi connectivity index (χ0n) is 9.03. The van der Waals surface area contributed by atoms with Gasteiger partial charge in [0, 0.05) is 19.0 Å². The Balaban J connectivity index is 1.80. The van der Waals surface area contributed by atoms with E-state index >= 15 is 0 Å². The van der Waals surface area contributed by atoms with E-state index in [9.17, 15) is 0 Å². The van der Waals surface area contributed by atoms with Crippen molar-refractivity contribution in [1.29, 1.82) is 0 Å². The van der Waals surface area contributed by atoms with E-state index in [4.69, 9.17) is 9.47 Å². The minimum Gasteiger partial charge on any atom is -0.494 e. The first-order valence-electron chi connectivity index (χ1n) is 5.45. The number of rotatable bonds is 5. The van der Waals surface area contributed by atoms with Crippen LogP contribution in [0.3, 0.4) is 0 Å². The summed E-state index contributed by atoms with van der Waals surface area (Å²) in [4.78, 5) is 0. The first-order chi connectivity index (χ1) is 7.38. The Hall–Kier alpha value is -1.22. The summed E-state index contributed by atoms with van der Waals surface area (Å²) in [6.45, 7) is 5.65. The molecule has 3 heteroatoms. The van der Waals surface area contributed by atoms with Crippen molar-refractivity contribution in [2.75, 3.05) is 26.3 Å². The molecule has 1 aromatic carbocycles. The minimum atomic E-state index is 0.677. The number of hydrogen-bond donors (Lipinski definition) is 1. The summed E-state index contributed by atoms with van der Waals surface area (Å²) >= 11 is 0. The Morgan fingerprint density at radius 1 is 1.13 bits per heavy atom. The van der Waals surface area contributed by atoms with Crippen LogP contribution >= 0.6 is 0 Å². The van der Waals surface area contributed by atoms with E-state index in [1.165, 1.54) is 0 Å². The molecular weight excluding hydrogens is 190 g/mol. The zero-order valence-corrected chi connectivity index (χ0v) is 9.03. The Morgan fingerprint density at radius 3 is 2.20 bits per heavy atom. The second-order valence-corrected chi connectivity index (χ2v) is 3.74. The molecule has 1 N–H and O–H groups in total. The fourth-order valence-corrected chi connectivity index (χ4v) is 1.48. The quantitative estimate of drug-likeness (QED) is 0.797. The lowest BCUT2D eigenvalue weighted by atomic mass is 10.1. The monoisotopic (exact) mass is 207 g/mol. The van der Waals surface area contributed by atoms with E-state index in [2.05, 4.69) is 5.32 Å². The van der Waals surface area contributed by atoms with Crippen molar-refractivity contribution in [3.8, 4) is 11.5 Å². The maximum Gasteiger partial charge on any atom is 0.119 e. The van der Waals surface area contributed by atoms with E-state index < -0.39 is 0 Å². The average Bonchev–Trinajstić information content (AvgIpc) is 2.19. The molecule has 3 nitrogen and oxygen atoms in total. The maximum atomic E-state index is 5.65. The molecule has 0 unspecified atom stereocenters. The van der Waals surface area contributed by atoms with Crippen molar-refractivity contribution in [2.24, 2.45) is 5.92 Å². The molecule has 15 heavy (non-hydrogen) atoms. The van der Waals surface area contributed by atoms with Crippen LogP contribution in [0.2, 0.25) is 0 Å². The van der Waals surface area contributed by atoms with Crippen molar-refractivity contribution in [2.45, 2.75) is 6.92 Å². The normalized spacial score (nSPS) is 15.8. The van der Waals surface area contributed by atoms with Gasteiger partial charge in [0.05, 0.1) is 13.2 Å². The molecule has 0 atom stereocenters. The summed E-state index contributed by atoms with van der Waals surface area (Å²) in [6, 6.07) is 7.80. The Bertz CT molecular complexity index is 293. The number of benzene rings is 1. The van der Waals surface area contributed by atoms with Crippen LogP contribution < -0.4 is 14.8 Å². The fourth-order valence-electron chi connectivity index (χ4n) is 1.48. The second-order valence-electron chi connectivity index (χ2n) is 3.74. The van der Waals surface area contributed by atoms with Crippen LogP contribution in [-0.4, -0.2) is 26.3 Å². The summed E-state index contributed by atoms with van der Waals surface area (Å²) in [7, 11) is 0. The largest absolute Gasteiger partial charge is 0.494 e. The third-order valence-electron chi connectivity index (χ3n) is 2.49. The van der Waals surface area contributed by atoms with E-state index in [1.54, 1.807) is 0 Å². The van der Waals surface area contributed by atoms with Gasteiger partial charge in [-0.2, -0.15) is 0 Å². The van der Waals surface area contributed by atoms with Crippen LogP contribution in [0.15, 0.2) is 24.3 Å². The van der Waals surface area contributed by atoms with Gasteiger partial charge in [0.15, 0.2) is 0 Å². The summed E-state index contributed by atoms with van der Waals surface area (Å²) in [6.07, 6.45) is 0. The van der Waals surface area contributed by atoms with Gasteiger partial charge < -0.3 is 14.8 Å². The predicted molar refractivity (Wildman–Crippen MR) is 59.5 cm³/mol. The standard InChI is InChI=1S/C12H17NO2/c1-2-14-11-3-5-12(6-4-11)15-9-10-7-13-8-10/h3-6,10,13H,2,7-9H2,1H3. The first-order valence-corrected chi connectivity index (χ1v) is 5.45. The van der Waals surface area contributed by atoms with Gasteiger partial charge in [-0.25, -0.2) is 0 Å². The highest BCUT2D eigenvalue weighted by atomic mass is 16.5. The number of hydrogen-bond acceptors (Lipinski definition) is 3. The van der Waals surface area contributed by atoms with Crippen molar-refractivity contribution >= 4 is 0 Å². The number of ether oxygens (including phenoxy) is 2. The van der Waals surface area contributed by atoms with Crippen molar-refractivity contribution in [3.63, 3.8) is 0 Å². The van der Waals surface area contributed by atoms with Gasteiger partial charge >= 0.3 is 0 Å². The van der Waals surface area contributed by atoms with E-state index in [-0.39, 0.29) is 0 Å². The minimum absolute atomic E-state index is 0.677. The molecule has 0 bridgehead atoms. The topological polar surface area (TPSA) is 30.5 Å². The molecule has 0 saturated carbocycles. The van der Waals surface area contributed by atoms with E-state index in [0.29, 0.717) is 12.5 Å². The van der Waals surface area contributed by atoms with Crippen LogP contribution in [-0.2, 0) is 0 Å². The predicted octanol–water partition coefficient (Wildman–Crippen LogP) is 1.68. The van der Waals surface area contributed by atoms with Gasteiger partial charge in [0.1, 0.15) is 11.5 Å². The molecule has 0 aromatic heterocycles. The van der Waals surface area contributed by atoms with E-state index in [1.807, 2.05) is 31.2 Å². The molecule has 0 radical (unpaired) electrons. The molecular formula is C12H17NO2. The molecule has 0 spiro atoms. The maximum absolute atomic E-state index is 5.65. The molecule has 2 rings (SSSR count). The Morgan fingerprint density at radius 2 is 1.73 bits per heavy atom. The average molecular weight is 207 g/mol. The molecule has 82 valence electrons. The van der Waals surface area contributed by atoms with E-state index in [0.717, 1.165) is 31.2 Å². The fraction of sp³-hybridized carbons (Fsp3) is 0.500. The summed E-state index contributed by atoms with van der Waals surface area (Å²) < 4.78 is 11.0. The highest BCUT2D eigenvalue weighted by Gasteiger charge is 2.16. The lowest BCUT2D eigenvalue weighted by Gasteiger charge is -2.26. The van der Waals surface area contributed by atoms with Crippen LogP contribution in [0.25, 0.3) is 0 Å². The third kappa shape index (κ3) is 2.86. The summed E-state index contributed by atoms with van der Waals surface area (Å²) in [5.41, 5.74) is 0. The van der Waals surface area contributed by atoms with Gasteiger partial charge in [0.2, 0.25) is 0 Å². The van der Waals surface area contributed by atoms with Gasteiger partial charge in [-0.3, -0.25) is 0 Å². The third-order valence-corrected chi connectivity index (χ3v) is 2.49. The molecule has 1 saturated heterocycles. The first kappa shape index (κ1) is 10.3. The summed E-state index contributed by atoms with van der Waals surface area (Å²) in [5.74, 6) is 2.50. The van der Waals surface area contributed by atoms with Crippen LogP contribution in [0.1, 0.15) is 6.92 Å². The second kappa shape index (κ2) is 5.03. The van der Waals surface area contributed by atoms with Crippen molar-refractivity contribution < 1.29 is 9.47 Å². The number of nitrogens with one attached hydrogen (secondary N) is 1. The molecule has 1 aliphatic rings. The Kier molecular flexibility index (Phi) is 3.45. The highest BCUT2D eigenvalue weighted by molar-refractivity contribution is 5.31. The van der Waals surface area contributed by atoms with Gasteiger partial charge in [-0.1, -0.05) is 0 Å². The smallest absolute Gasteiger partial charge is 0.119 e. The molecule has 1 aliphatic heterocycles. The summed E-state index contributed by atoms with van der Waals surface area (Å²) in [5, 5.41) is 3.22. The van der Waals surface area contributed by atoms with Crippen LogP contribution in [0.4, 0.5) is 0 Å². The molecule has 0 aliphatic carbocycles. The lowest BCUT2D eigenvalue weighted by molar-refractivity contribution is 0.199. The van der Waals surface area contributed by atoms with Gasteiger partial charge in [-0.15, -0.1) is 0 Å². The zero-order chi connectivity index (χ0) is 10.5. The van der Waals surface area contributed by atoms with Crippen LogP contribution in [0.5, 0.6) is 11.5 Å². The van der Waals surface area contributed by atoms with Gasteiger partial charge in [-0.05, 0) is 31.2 Å². The Labute approximate surface area is 90.4 Å². The molecule has 1 aromatic rings. The SMILES string of the molecule is CCOc1ccc(OCC2CNC2)cc1.